The van der Waals surface area contributed by atoms with E-state index < -0.39 is 5.97 Å². The van der Waals surface area contributed by atoms with E-state index in [1.54, 1.807) is 11.0 Å². The molecule has 5 nitrogen and oxygen atoms in total. The van der Waals surface area contributed by atoms with Crippen LogP contribution in [0.2, 0.25) is 0 Å². The first-order valence-electron chi connectivity index (χ1n) is 7.44. The molecule has 0 unspecified atom stereocenters. The van der Waals surface area contributed by atoms with Crippen molar-refractivity contribution in [3.05, 3.63) is 40.9 Å². The number of carbonyl (C=O) groups is 2. The SMILES string of the molecule is Cc1csc(-c2cccc(C(=O)N(CCC(=O)O)C(C)C)c2)n1. The molecule has 6 heteroatoms. The third kappa shape index (κ3) is 4.39. The van der Waals surface area contributed by atoms with Crippen molar-refractivity contribution in [2.24, 2.45) is 0 Å². The van der Waals surface area contributed by atoms with Gasteiger partial charge in [0.2, 0.25) is 0 Å². The highest BCUT2D eigenvalue weighted by Gasteiger charge is 2.20. The third-order valence-electron chi connectivity index (χ3n) is 3.43. The van der Waals surface area contributed by atoms with Gasteiger partial charge in [0.25, 0.3) is 5.91 Å². The second kappa shape index (κ2) is 7.37. The number of thiazole rings is 1. The van der Waals surface area contributed by atoms with Crippen LogP contribution in [0.15, 0.2) is 29.6 Å². The maximum atomic E-state index is 12.7. The summed E-state index contributed by atoms with van der Waals surface area (Å²) in [6.45, 7) is 5.90. The fourth-order valence-electron chi connectivity index (χ4n) is 2.25. The molecule has 0 saturated heterocycles. The highest BCUT2D eigenvalue weighted by atomic mass is 32.1. The highest BCUT2D eigenvalue weighted by Crippen LogP contribution is 2.25. The van der Waals surface area contributed by atoms with Crippen LogP contribution in [-0.4, -0.2) is 39.5 Å². The third-order valence-corrected chi connectivity index (χ3v) is 4.44. The second-order valence-corrected chi connectivity index (χ2v) is 6.47. The number of hydrogen-bond donors (Lipinski definition) is 1. The smallest absolute Gasteiger partial charge is 0.305 e. The van der Waals surface area contributed by atoms with Crippen molar-refractivity contribution < 1.29 is 14.7 Å². The number of aromatic nitrogens is 1. The van der Waals surface area contributed by atoms with E-state index in [9.17, 15) is 9.59 Å². The quantitative estimate of drug-likeness (QED) is 0.879. The first kappa shape index (κ1) is 17.1. The van der Waals surface area contributed by atoms with Crippen LogP contribution in [0.1, 0.15) is 36.3 Å². The summed E-state index contributed by atoms with van der Waals surface area (Å²) in [7, 11) is 0. The Balaban J connectivity index is 2.25. The van der Waals surface area contributed by atoms with Crippen molar-refractivity contribution in [2.45, 2.75) is 33.2 Å². The topological polar surface area (TPSA) is 70.5 Å². The number of nitrogens with zero attached hydrogens (tertiary/aromatic N) is 2. The summed E-state index contributed by atoms with van der Waals surface area (Å²) in [4.78, 5) is 29.5. The van der Waals surface area contributed by atoms with Gasteiger partial charge in [-0.2, -0.15) is 0 Å². The minimum atomic E-state index is -0.907. The minimum absolute atomic E-state index is 0.0602. The molecule has 0 radical (unpaired) electrons. The van der Waals surface area contributed by atoms with Gasteiger partial charge < -0.3 is 10.0 Å². The fraction of sp³-hybridized carbons (Fsp3) is 0.353. The van der Waals surface area contributed by atoms with Gasteiger partial charge in [0.1, 0.15) is 5.01 Å². The van der Waals surface area contributed by atoms with E-state index in [0.717, 1.165) is 16.3 Å². The van der Waals surface area contributed by atoms with Crippen LogP contribution in [0.3, 0.4) is 0 Å². The zero-order valence-electron chi connectivity index (χ0n) is 13.4. The van der Waals surface area contributed by atoms with Gasteiger partial charge in [-0.05, 0) is 32.9 Å². The molecule has 0 bridgehead atoms. The Morgan fingerprint density at radius 2 is 2.09 bits per heavy atom. The van der Waals surface area contributed by atoms with Gasteiger partial charge >= 0.3 is 5.97 Å². The van der Waals surface area contributed by atoms with Crippen LogP contribution >= 0.6 is 11.3 Å². The van der Waals surface area contributed by atoms with E-state index in [4.69, 9.17) is 5.11 Å². The molecule has 1 amide bonds. The van der Waals surface area contributed by atoms with Crippen LogP contribution < -0.4 is 0 Å². The molecule has 0 saturated carbocycles. The number of carbonyl (C=O) groups excluding carboxylic acids is 1. The zero-order chi connectivity index (χ0) is 17.0. The second-order valence-electron chi connectivity index (χ2n) is 5.61. The van der Waals surface area contributed by atoms with Gasteiger partial charge in [0.15, 0.2) is 0 Å². The number of rotatable bonds is 6. The molecule has 122 valence electrons. The van der Waals surface area contributed by atoms with Crippen LogP contribution in [0.25, 0.3) is 10.6 Å². The van der Waals surface area contributed by atoms with Gasteiger partial charge in [0, 0.05) is 34.8 Å². The van der Waals surface area contributed by atoms with Gasteiger partial charge in [-0.1, -0.05) is 12.1 Å². The number of amides is 1. The van der Waals surface area contributed by atoms with Crippen molar-refractivity contribution in [2.75, 3.05) is 6.54 Å². The molecule has 2 rings (SSSR count). The lowest BCUT2D eigenvalue weighted by atomic mass is 10.1. The molecule has 0 aliphatic carbocycles. The lowest BCUT2D eigenvalue weighted by Crippen LogP contribution is -2.38. The normalized spacial score (nSPS) is 10.8. The van der Waals surface area contributed by atoms with E-state index in [1.807, 2.05) is 44.4 Å². The van der Waals surface area contributed by atoms with Crippen molar-refractivity contribution in [3.63, 3.8) is 0 Å². The van der Waals surface area contributed by atoms with Crippen molar-refractivity contribution >= 4 is 23.2 Å². The molecule has 1 aromatic carbocycles. The van der Waals surface area contributed by atoms with Crippen LogP contribution in [0.4, 0.5) is 0 Å². The maximum Gasteiger partial charge on any atom is 0.305 e. The molecule has 0 spiro atoms. The van der Waals surface area contributed by atoms with E-state index in [1.165, 1.54) is 11.3 Å². The van der Waals surface area contributed by atoms with Gasteiger partial charge in [0.05, 0.1) is 6.42 Å². The van der Waals surface area contributed by atoms with Crippen LogP contribution in [0.5, 0.6) is 0 Å². The lowest BCUT2D eigenvalue weighted by molar-refractivity contribution is -0.137. The van der Waals surface area contributed by atoms with Crippen molar-refractivity contribution in [1.29, 1.82) is 0 Å². The minimum Gasteiger partial charge on any atom is -0.481 e. The summed E-state index contributed by atoms with van der Waals surface area (Å²) in [5.41, 5.74) is 2.40. The number of carboxylic acids is 1. The largest absolute Gasteiger partial charge is 0.481 e. The van der Waals surface area contributed by atoms with Gasteiger partial charge in [-0.25, -0.2) is 4.98 Å². The molecule has 23 heavy (non-hydrogen) atoms. The summed E-state index contributed by atoms with van der Waals surface area (Å²) in [6, 6.07) is 7.26. The zero-order valence-corrected chi connectivity index (χ0v) is 14.3. The summed E-state index contributed by atoms with van der Waals surface area (Å²) in [6.07, 6.45) is -0.0602. The molecule has 2 aromatic rings. The average Bonchev–Trinajstić information content (AvgIpc) is 2.93. The van der Waals surface area contributed by atoms with E-state index >= 15 is 0 Å². The van der Waals surface area contributed by atoms with E-state index in [-0.39, 0.29) is 24.9 Å². The van der Waals surface area contributed by atoms with E-state index in [0.29, 0.717) is 5.56 Å². The maximum absolute atomic E-state index is 12.7. The number of hydrogen-bond acceptors (Lipinski definition) is 4. The highest BCUT2D eigenvalue weighted by molar-refractivity contribution is 7.13. The average molecular weight is 332 g/mol. The molecule has 1 N–H and O–H groups in total. The van der Waals surface area contributed by atoms with Gasteiger partial charge in [-0.3, -0.25) is 9.59 Å². The first-order valence-corrected chi connectivity index (χ1v) is 8.31. The van der Waals surface area contributed by atoms with Crippen LogP contribution in [0, 0.1) is 6.92 Å². The predicted octanol–water partition coefficient (Wildman–Crippen LogP) is 3.44. The molecule has 0 aliphatic rings. The Morgan fingerprint density at radius 1 is 1.35 bits per heavy atom. The monoisotopic (exact) mass is 332 g/mol. The predicted molar refractivity (Wildman–Crippen MR) is 90.7 cm³/mol. The van der Waals surface area contributed by atoms with Crippen LogP contribution in [-0.2, 0) is 4.79 Å². The van der Waals surface area contributed by atoms with Crippen molar-refractivity contribution in [1.82, 2.24) is 9.88 Å². The summed E-state index contributed by atoms with van der Waals surface area (Å²) in [5.74, 6) is -1.06. The molecular formula is C17H20N2O3S. The summed E-state index contributed by atoms with van der Waals surface area (Å²) >= 11 is 1.54. The lowest BCUT2D eigenvalue weighted by Gasteiger charge is -2.26. The number of carboxylic acid groups (broad SMARTS) is 1. The summed E-state index contributed by atoms with van der Waals surface area (Å²) < 4.78 is 0. The Bertz CT molecular complexity index is 709. The molecule has 1 heterocycles. The number of aryl methyl sites for hydroxylation is 1. The fourth-order valence-corrected chi connectivity index (χ4v) is 3.04. The molecule has 0 aliphatic heterocycles. The van der Waals surface area contributed by atoms with Gasteiger partial charge in [-0.15, -0.1) is 11.3 Å². The first-order chi connectivity index (χ1) is 10.9. The number of benzene rings is 1. The Kier molecular flexibility index (Phi) is 5.50. The molecule has 1 aromatic heterocycles. The Hall–Kier alpha value is -2.21. The summed E-state index contributed by atoms with van der Waals surface area (Å²) in [5, 5.41) is 11.7. The Labute approximate surface area is 139 Å². The number of aliphatic carboxylic acids is 1. The van der Waals surface area contributed by atoms with E-state index in [2.05, 4.69) is 4.98 Å². The molecular weight excluding hydrogens is 312 g/mol. The standard InChI is InChI=1S/C17H20N2O3S/c1-11(2)19(8-7-15(20)21)17(22)14-6-4-5-13(9-14)16-18-12(3)10-23-16/h4-6,9-11H,7-8H2,1-3H3,(H,20,21). The molecule has 0 fully saturated rings. The Morgan fingerprint density at radius 3 is 2.65 bits per heavy atom. The van der Waals surface area contributed by atoms with Crippen molar-refractivity contribution in [3.8, 4) is 10.6 Å². The molecule has 0 atom stereocenters.